The van der Waals surface area contributed by atoms with Crippen LogP contribution in [-0.2, 0) is 10.1 Å². The van der Waals surface area contributed by atoms with Gasteiger partial charge >= 0.3 is 29.6 Å². The summed E-state index contributed by atoms with van der Waals surface area (Å²) in [7, 11) is -3.79. The Morgan fingerprint density at radius 2 is 1.79 bits per heavy atom. The molecule has 0 spiro atoms. The van der Waals surface area contributed by atoms with E-state index in [1.54, 1.807) is 0 Å². The van der Waals surface area contributed by atoms with Crippen LogP contribution in [0, 0.1) is 0 Å². The van der Waals surface area contributed by atoms with Crippen LogP contribution >= 0.6 is 0 Å². The topological polar surface area (TPSA) is 66.4 Å². The van der Waals surface area contributed by atoms with Crippen LogP contribution in [0.2, 0.25) is 0 Å². The second-order valence-corrected chi connectivity index (χ2v) is 5.15. The van der Waals surface area contributed by atoms with Crippen molar-refractivity contribution in [3.63, 3.8) is 0 Å². The van der Waals surface area contributed by atoms with Gasteiger partial charge in [-0.25, -0.2) is 0 Å². The first-order valence-corrected chi connectivity index (χ1v) is 6.37. The first kappa shape index (κ1) is 14.9. The fraction of sp³-hybridized carbons (Fsp3) is 1.00. The van der Waals surface area contributed by atoms with Gasteiger partial charge in [0.25, 0.3) is 10.1 Å². The van der Waals surface area contributed by atoms with Crippen LogP contribution in [0.25, 0.3) is 0 Å². The molecule has 1 rings (SSSR count). The number of hydrogen-bond acceptors (Lipinski definition) is 3. The van der Waals surface area contributed by atoms with Crippen molar-refractivity contribution in [3.05, 3.63) is 0 Å². The van der Waals surface area contributed by atoms with Gasteiger partial charge in [0, 0.05) is 12.6 Å². The molecule has 14 heavy (non-hydrogen) atoms. The van der Waals surface area contributed by atoms with Crippen LogP contribution < -0.4 is 5.32 Å². The fourth-order valence-corrected chi connectivity index (χ4v) is 2.07. The summed E-state index contributed by atoms with van der Waals surface area (Å²) in [5.74, 6) is -0.177. The standard InChI is InChI=1S/C8H17NO3S.Na.H/c10-13(11,12)7-6-9-8-4-2-1-3-5-8;;/h8-9H,1-7H2,(H,10,11,12);;. The fourth-order valence-electron chi connectivity index (χ4n) is 1.70. The van der Waals surface area contributed by atoms with E-state index in [4.69, 9.17) is 4.55 Å². The minimum atomic E-state index is -3.79. The molecule has 1 aliphatic carbocycles. The zero-order valence-electron chi connectivity index (χ0n) is 7.70. The van der Waals surface area contributed by atoms with Crippen LogP contribution in [0.3, 0.4) is 0 Å². The van der Waals surface area contributed by atoms with E-state index in [1.165, 1.54) is 19.3 Å². The molecular weight excluding hydrogens is 213 g/mol. The predicted molar refractivity (Wildman–Crippen MR) is 58.4 cm³/mol. The van der Waals surface area contributed by atoms with E-state index in [0.29, 0.717) is 12.6 Å². The van der Waals surface area contributed by atoms with Crippen LogP contribution in [0.4, 0.5) is 0 Å². The van der Waals surface area contributed by atoms with E-state index in [0.717, 1.165) is 12.8 Å². The van der Waals surface area contributed by atoms with Gasteiger partial charge in [0.15, 0.2) is 0 Å². The molecular formula is C8H18NNaO3S. The second kappa shape index (κ2) is 7.19. The van der Waals surface area contributed by atoms with Gasteiger partial charge in [-0.1, -0.05) is 19.3 Å². The summed E-state index contributed by atoms with van der Waals surface area (Å²) < 4.78 is 29.3. The van der Waals surface area contributed by atoms with Crippen molar-refractivity contribution >= 4 is 39.7 Å². The average molecular weight is 231 g/mol. The summed E-state index contributed by atoms with van der Waals surface area (Å²) in [6, 6.07) is 0.454. The molecule has 0 aliphatic heterocycles. The van der Waals surface area contributed by atoms with E-state index in [-0.39, 0.29) is 35.3 Å². The minimum absolute atomic E-state index is 0. The summed E-state index contributed by atoms with van der Waals surface area (Å²) in [5.41, 5.74) is 0. The SMILES string of the molecule is O=S(=O)(O)CCNC1CCCCC1.[NaH]. The Morgan fingerprint density at radius 1 is 1.21 bits per heavy atom. The van der Waals surface area contributed by atoms with Gasteiger partial charge in [0.2, 0.25) is 0 Å². The van der Waals surface area contributed by atoms with Gasteiger partial charge in [-0.3, -0.25) is 4.55 Å². The Bertz CT molecular complexity index is 237. The molecule has 1 fully saturated rings. The van der Waals surface area contributed by atoms with E-state index in [2.05, 4.69) is 5.32 Å². The molecule has 1 aliphatic rings. The van der Waals surface area contributed by atoms with Crippen molar-refractivity contribution in [3.8, 4) is 0 Å². The van der Waals surface area contributed by atoms with Gasteiger partial charge in [-0.15, -0.1) is 0 Å². The Morgan fingerprint density at radius 3 is 2.29 bits per heavy atom. The maximum atomic E-state index is 10.4. The summed E-state index contributed by atoms with van der Waals surface area (Å²) >= 11 is 0. The van der Waals surface area contributed by atoms with Gasteiger partial charge in [-0.05, 0) is 12.8 Å². The third-order valence-electron chi connectivity index (χ3n) is 2.40. The van der Waals surface area contributed by atoms with Gasteiger partial charge in [-0.2, -0.15) is 8.42 Å². The van der Waals surface area contributed by atoms with Crippen molar-refractivity contribution < 1.29 is 13.0 Å². The van der Waals surface area contributed by atoms with Crippen molar-refractivity contribution in [1.29, 1.82) is 0 Å². The van der Waals surface area contributed by atoms with Crippen molar-refractivity contribution in [2.45, 2.75) is 38.1 Å². The normalized spacial score (nSPS) is 18.9. The van der Waals surface area contributed by atoms with Crippen LogP contribution in [0.15, 0.2) is 0 Å². The molecule has 0 aromatic carbocycles. The van der Waals surface area contributed by atoms with Gasteiger partial charge in [0.05, 0.1) is 5.75 Å². The molecule has 1 saturated carbocycles. The molecule has 0 radical (unpaired) electrons. The quantitative estimate of drug-likeness (QED) is 0.534. The van der Waals surface area contributed by atoms with Crippen LogP contribution in [0.1, 0.15) is 32.1 Å². The first-order chi connectivity index (χ1) is 6.08. The Hall–Kier alpha value is 0.870. The molecule has 0 heterocycles. The molecule has 0 atom stereocenters. The molecule has 80 valence electrons. The molecule has 2 N–H and O–H groups in total. The number of hydrogen-bond donors (Lipinski definition) is 2. The number of nitrogens with one attached hydrogen (secondary N) is 1. The van der Waals surface area contributed by atoms with Crippen molar-refractivity contribution in [2.75, 3.05) is 12.3 Å². The third-order valence-corrected chi connectivity index (χ3v) is 3.12. The average Bonchev–Trinajstić information content (AvgIpc) is 2.04. The molecule has 0 bridgehead atoms. The number of rotatable bonds is 4. The zero-order chi connectivity index (χ0) is 9.73. The van der Waals surface area contributed by atoms with Crippen LogP contribution in [-0.4, -0.2) is 60.9 Å². The molecule has 6 heteroatoms. The maximum absolute atomic E-state index is 10.4. The second-order valence-electron chi connectivity index (χ2n) is 3.58. The molecule has 4 nitrogen and oxygen atoms in total. The Labute approximate surface area is 108 Å². The predicted octanol–water partition coefficient (Wildman–Crippen LogP) is 0.148. The molecule has 0 aromatic heterocycles. The molecule has 0 unspecified atom stereocenters. The summed E-state index contributed by atoms with van der Waals surface area (Å²) in [6.07, 6.45) is 6.00. The summed E-state index contributed by atoms with van der Waals surface area (Å²) in [6.45, 7) is 0.365. The van der Waals surface area contributed by atoms with E-state index >= 15 is 0 Å². The Balaban J connectivity index is 0.00000169. The van der Waals surface area contributed by atoms with E-state index in [9.17, 15) is 8.42 Å². The van der Waals surface area contributed by atoms with Crippen molar-refractivity contribution in [1.82, 2.24) is 5.32 Å². The van der Waals surface area contributed by atoms with Crippen molar-refractivity contribution in [2.24, 2.45) is 0 Å². The monoisotopic (exact) mass is 231 g/mol. The molecule has 0 aromatic rings. The van der Waals surface area contributed by atoms with Gasteiger partial charge in [0.1, 0.15) is 0 Å². The molecule has 0 amide bonds. The molecule has 0 saturated heterocycles. The van der Waals surface area contributed by atoms with Crippen LogP contribution in [0.5, 0.6) is 0 Å². The van der Waals surface area contributed by atoms with E-state index < -0.39 is 10.1 Å². The summed E-state index contributed by atoms with van der Waals surface area (Å²) in [5, 5.41) is 3.14. The third kappa shape index (κ3) is 7.20. The Kier molecular flexibility index (Phi) is 7.64. The zero-order valence-corrected chi connectivity index (χ0v) is 8.52. The van der Waals surface area contributed by atoms with Gasteiger partial charge < -0.3 is 5.32 Å². The summed E-state index contributed by atoms with van der Waals surface area (Å²) in [4.78, 5) is 0. The van der Waals surface area contributed by atoms with E-state index in [1.807, 2.05) is 0 Å². The first-order valence-electron chi connectivity index (χ1n) is 4.76.